The standard InChI is InChI=1S/C14H19N3O/c1-9(2)13-15-11(14(18)16(4)5)12-10(3)7-6-8-17(12)13/h6-9H,1-5H3. The Morgan fingerprint density at radius 3 is 2.61 bits per heavy atom. The predicted molar refractivity (Wildman–Crippen MR) is 72.0 cm³/mol. The van der Waals surface area contributed by atoms with Crippen LogP contribution in [0, 0.1) is 6.92 Å². The van der Waals surface area contributed by atoms with Gasteiger partial charge in [-0.05, 0) is 18.6 Å². The first kappa shape index (κ1) is 12.6. The number of hydrogen-bond acceptors (Lipinski definition) is 2. The molecule has 0 aromatic carbocycles. The lowest BCUT2D eigenvalue weighted by Crippen LogP contribution is -2.22. The molecule has 0 bridgehead atoms. The molecule has 1 amide bonds. The van der Waals surface area contributed by atoms with Gasteiger partial charge < -0.3 is 9.30 Å². The van der Waals surface area contributed by atoms with Crippen LogP contribution in [0.4, 0.5) is 0 Å². The van der Waals surface area contributed by atoms with E-state index in [-0.39, 0.29) is 11.8 Å². The number of rotatable bonds is 2. The summed E-state index contributed by atoms with van der Waals surface area (Å²) in [6.07, 6.45) is 1.97. The van der Waals surface area contributed by atoms with Crippen LogP contribution in [0.25, 0.3) is 5.52 Å². The Bertz CT molecular complexity index is 596. The molecular formula is C14H19N3O. The zero-order chi connectivity index (χ0) is 13.4. The Morgan fingerprint density at radius 1 is 1.39 bits per heavy atom. The van der Waals surface area contributed by atoms with Crippen molar-refractivity contribution in [3.8, 4) is 0 Å². The fourth-order valence-electron chi connectivity index (χ4n) is 2.10. The van der Waals surface area contributed by atoms with E-state index in [4.69, 9.17) is 0 Å². The molecule has 0 spiro atoms. The Kier molecular flexibility index (Phi) is 3.11. The third-order valence-electron chi connectivity index (χ3n) is 3.02. The van der Waals surface area contributed by atoms with E-state index in [1.54, 1.807) is 19.0 Å². The second kappa shape index (κ2) is 4.44. The van der Waals surface area contributed by atoms with Gasteiger partial charge in [0.05, 0.1) is 5.52 Å². The van der Waals surface area contributed by atoms with Gasteiger partial charge in [-0.2, -0.15) is 0 Å². The van der Waals surface area contributed by atoms with Crippen LogP contribution in [-0.2, 0) is 0 Å². The van der Waals surface area contributed by atoms with Crippen LogP contribution in [0.3, 0.4) is 0 Å². The molecule has 0 aliphatic carbocycles. The number of fused-ring (bicyclic) bond motifs is 1. The fourth-order valence-corrected chi connectivity index (χ4v) is 2.10. The van der Waals surface area contributed by atoms with Gasteiger partial charge in [0.15, 0.2) is 5.69 Å². The highest BCUT2D eigenvalue weighted by Gasteiger charge is 2.21. The highest BCUT2D eigenvalue weighted by atomic mass is 16.2. The van der Waals surface area contributed by atoms with E-state index in [0.29, 0.717) is 5.69 Å². The van der Waals surface area contributed by atoms with Gasteiger partial charge in [-0.3, -0.25) is 4.79 Å². The molecule has 0 aliphatic rings. The Labute approximate surface area is 107 Å². The molecule has 2 aromatic heterocycles. The average molecular weight is 245 g/mol. The second-order valence-electron chi connectivity index (χ2n) is 5.08. The fraction of sp³-hybridized carbons (Fsp3) is 0.429. The molecule has 0 unspecified atom stereocenters. The van der Waals surface area contributed by atoms with Crippen molar-refractivity contribution in [1.82, 2.24) is 14.3 Å². The molecule has 4 nitrogen and oxygen atoms in total. The molecule has 0 N–H and O–H groups in total. The zero-order valence-corrected chi connectivity index (χ0v) is 11.6. The van der Waals surface area contributed by atoms with Gasteiger partial charge in [0.1, 0.15) is 5.82 Å². The van der Waals surface area contributed by atoms with Gasteiger partial charge >= 0.3 is 0 Å². The van der Waals surface area contributed by atoms with Gasteiger partial charge in [0.2, 0.25) is 0 Å². The van der Waals surface area contributed by atoms with Gasteiger partial charge in [-0.25, -0.2) is 4.98 Å². The van der Waals surface area contributed by atoms with Crippen molar-refractivity contribution in [2.24, 2.45) is 0 Å². The molecule has 2 aromatic rings. The molecule has 2 heterocycles. The summed E-state index contributed by atoms with van der Waals surface area (Å²) in [5.41, 5.74) is 2.53. The lowest BCUT2D eigenvalue weighted by molar-refractivity contribution is 0.0824. The van der Waals surface area contributed by atoms with Crippen molar-refractivity contribution in [2.75, 3.05) is 14.1 Å². The summed E-state index contributed by atoms with van der Waals surface area (Å²) in [5.74, 6) is 1.16. The second-order valence-corrected chi connectivity index (χ2v) is 5.08. The largest absolute Gasteiger partial charge is 0.343 e. The van der Waals surface area contributed by atoms with Gasteiger partial charge in [-0.15, -0.1) is 0 Å². The van der Waals surface area contributed by atoms with Crippen LogP contribution >= 0.6 is 0 Å². The van der Waals surface area contributed by atoms with E-state index in [9.17, 15) is 4.79 Å². The van der Waals surface area contributed by atoms with E-state index < -0.39 is 0 Å². The molecule has 0 radical (unpaired) electrons. The van der Waals surface area contributed by atoms with Crippen molar-refractivity contribution < 1.29 is 4.79 Å². The lowest BCUT2D eigenvalue weighted by atomic mass is 10.2. The van der Waals surface area contributed by atoms with Crippen LogP contribution < -0.4 is 0 Å². The Hall–Kier alpha value is -1.84. The smallest absolute Gasteiger partial charge is 0.274 e. The van der Waals surface area contributed by atoms with E-state index in [2.05, 4.69) is 18.8 Å². The van der Waals surface area contributed by atoms with Gasteiger partial charge in [0, 0.05) is 26.2 Å². The highest BCUT2D eigenvalue weighted by Crippen LogP contribution is 2.22. The molecular weight excluding hydrogens is 226 g/mol. The number of carbonyl (C=O) groups excluding carboxylic acids is 1. The lowest BCUT2D eigenvalue weighted by Gasteiger charge is -2.08. The third kappa shape index (κ3) is 1.88. The summed E-state index contributed by atoms with van der Waals surface area (Å²) in [5, 5.41) is 0. The molecule has 0 fully saturated rings. The minimum atomic E-state index is -0.0475. The van der Waals surface area contributed by atoms with Crippen molar-refractivity contribution in [3.05, 3.63) is 35.4 Å². The molecule has 0 saturated heterocycles. The number of carbonyl (C=O) groups is 1. The summed E-state index contributed by atoms with van der Waals surface area (Å²) in [7, 11) is 3.50. The summed E-state index contributed by atoms with van der Waals surface area (Å²) < 4.78 is 2.02. The SMILES string of the molecule is Cc1cccn2c(C(C)C)nc(C(=O)N(C)C)c12. The maximum atomic E-state index is 12.2. The van der Waals surface area contributed by atoms with E-state index in [0.717, 1.165) is 16.9 Å². The summed E-state index contributed by atoms with van der Waals surface area (Å²) >= 11 is 0. The minimum absolute atomic E-state index is 0.0475. The third-order valence-corrected chi connectivity index (χ3v) is 3.02. The Balaban J connectivity index is 2.78. The van der Waals surface area contributed by atoms with Crippen LogP contribution in [0.2, 0.25) is 0 Å². The van der Waals surface area contributed by atoms with Crippen LogP contribution in [0.5, 0.6) is 0 Å². The van der Waals surface area contributed by atoms with E-state index in [1.807, 2.05) is 29.7 Å². The van der Waals surface area contributed by atoms with Crippen molar-refractivity contribution in [2.45, 2.75) is 26.7 Å². The normalized spacial score (nSPS) is 11.2. The molecule has 2 rings (SSSR count). The predicted octanol–water partition coefficient (Wildman–Crippen LogP) is 2.47. The first-order chi connectivity index (χ1) is 8.43. The number of nitrogens with zero attached hydrogens (tertiary/aromatic N) is 3. The maximum Gasteiger partial charge on any atom is 0.274 e. The van der Waals surface area contributed by atoms with Crippen molar-refractivity contribution in [3.63, 3.8) is 0 Å². The topological polar surface area (TPSA) is 37.6 Å². The monoisotopic (exact) mass is 245 g/mol. The highest BCUT2D eigenvalue weighted by molar-refractivity contribution is 5.99. The zero-order valence-electron chi connectivity index (χ0n) is 11.6. The van der Waals surface area contributed by atoms with Gasteiger partial charge in [-0.1, -0.05) is 19.9 Å². The van der Waals surface area contributed by atoms with E-state index >= 15 is 0 Å². The number of imidazole rings is 1. The first-order valence-corrected chi connectivity index (χ1v) is 6.12. The quantitative estimate of drug-likeness (QED) is 0.815. The number of aryl methyl sites for hydroxylation is 1. The average Bonchev–Trinajstić information content (AvgIpc) is 2.68. The molecule has 96 valence electrons. The number of pyridine rings is 1. The van der Waals surface area contributed by atoms with E-state index in [1.165, 1.54) is 0 Å². The van der Waals surface area contributed by atoms with Crippen molar-refractivity contribution >= 4 is 11.4 Å². The van der Waals surface area contributed by atoms with Crippen molar-refractivity contribution in [1.29, 1.82) is 0 Å². The number of aromatic nitrogens is 2. The summed E-state index contributed by atoms with van der Waals surface area (Å²) in [4.78, 5) is 18.3. The number of amides is 1. The molecule has 4 heteroatoms. The number of hydrogen-bond donors (Lipinski definition) is 0. The first-order valence-electron chi connectivity index (χ1n) is 6.12. The molecule has 0 aliphatic heterocycles. The maximum absolute atomic E-state index is 12.2. The summed E-state index contributed by atoms with van der Waals surface area (Å²) in [6, 6.07) is 3.99. The van der Waals surface area contributed by atoms with Gasteiger partial charge in [0.25, 0.3) is 5.91 Å². The molecule has 0 atom stereocenters. The summed E-state index contributed by atoms with van der Waals surface area (Å²) in [6.45, 7) is 6.18. The van der Waals surface area contributed by atoms with Crippen LogP contribution in [-0.4, -0.2) is 34.3 Å². The van der Waals surface area contributed by atoms with Crippen LogP contribution in [0.1, 0.15) is 41.6 Å². The van der Waals surface area contributed by atoms with Crippen LogP contribution in [0.15, 0.2) is 18.3 Å². The molecule has 0 saturated carbocycles. The Morgan fingerprint density at radius 2 is 2.06 bits per heavy atom. The molecule has 18 heavy (non-hydrogen) atoms. The minimum Gasteiger partial charge on any atom is -0.343 e.